The van der Waals surface area contributed by atoms with Gasteiger partial charge in [-0.2, -0.15) is 5.10 Å². The molecule has 0 spiro atoms. The lowest BCUT2D eigenvalue weighted by Crippen LogP contribution is -1.99. The Morgan fingerprint density at radius 1 is 1.11 bits per heavy atom. The van der Waals surface area contributed by atoms with Crippen LogP contribution in [0.15, 0.2) is 47.6 Å². The lowest BCUT2D eigenvalue weighted by molar-refractivity contribution is 0.0697. The molecule has 2 aromatic carbocycles. The van der Waals surface area contributed by atoms with Crippen LogP contribution in [0.4, 0.5) is 5.69 Å². The Morgan fingerprint density at radius 2 is 1.82 bits per heavy atom. The van der Waals surface area contributed by atoms with Gasteiger partial charge in [0.15, 0.2) is 0 Å². The van der Waals surface area contributed by atoms with Crippen molar-refractivity contribution >= 4 is 29.5 Å². The highest BCUT2D eigenvalue weighted by molar-refractivity contribution is 6.33. The van der Waals surface area contributed by atoms with Crippen LogP contribution in [0.25, 0.3) is 0 Å². The van der Waals surface area contributed by atoms with E-state index >= 15 is 0 Å². The number of ether oxygens (including phenoxy) is 1. The first kappa shape index (κ1) is 21.8. The van der Waals surface area contributed by atoms with Gasteiger partial charge in [0.1, 0.15) is 5.75 Å². The quantitative estimate of drug-likeness (QED) is 0.251. The largest absolute Gasteiger partial charge is 0.494 e. The molecule has 0 aliphatic rings. The summed E-state index contributed by atoms with van der Waals surface area (Å²) in [4.78, 5) is 11.1. The fraction of sp³-hybridized carbons (Fsp3) is 0.364. The summed E-state index contributed by atoms with van der Waals surface area (Å²) in [5.74, 6) is -0.225. The van der Waals surface area contributed by atoms with E-state index in [4.69, 9.17) is 21.4 Å². The zero-order valence-electron chi connectivity index (χ0n) is 16.2. The molecular weight excluding hydrogens is 376 g/mol. The van der Waals surface area contributed by atoms with Gasteiger partial charge < -0.3 is 9.84 Å². The molecule has 0 saturated heterocycles. The van der Waals surface area contributed by atoms with Crippen LogP contribution in [0.3, 0.4) is 0 Å². The summed E-state index contributed by atoms with van der Waals surface area (Å²) in [6.07, 6.45) is 9.13. The minimum atomic E-state index is -1.07. The van der Waals surface area contributed by atoms with Crippen LogP contribution in [0.2, 0.25) is 5.02 Å². The van der Waals surface area contributed by atoms with Gasteiger partial charge in [-0.05, 0) is 54.4 Å². The van der Waals surface area contributed by atoms with Crippen LogP contribution in [0.1, 0.15) is 61.4 Å². The molecule has 5 nitrogen and oxygen atoms in total. The Hall–Kier alpha value is -2.53. The first-order valence-electron chi connectivity index (χ1n) is 9.65. The Morgan fingerprint density at radius 3 is 2.54 bits per heavy atom. The number of anilines is 1. The van der Waals surface area contributed by atoms with Gasteiger partial charge in [0, 0.05) is 0 Å². The molecule has 2 rings (SSSR count). The second-order valence-electron chi connectivity index (χ2n) is 6.56. The van der Waals surface area contributed by atoms with Gasteiger partial charge in [-0.1, -0.05) is 50.6 Å². The van der Waals surface area contributed by atoms with E-state index in [0.717, 1.165) is 24.3 Å². The van der Waals surface area contributed by atoms with Crippen molar-refractivity contribution in [3.05, 3.63) is 58.6 Å². The molecular formula is C22H27ClN2O3. The molecule has 0 bridgehead atoms. The molecule has 0 atom stereocenters. The molecule has 0 aromatic heterocycles. The monoisotopic (exact) mass is 402 g/mol. The number of halogens is 1. The van der Waals surface area contributed by atoms with Gasteiger partial charge in [0.05, 0.1) is 29.1 Å². The first-order chi connectivity index (χ1) is 13.6. The molecule has 0 radical (unpaired) electrons. The van der Waals surface area contributed by atoms with E-state index in [1.807, 2.05) is 24.3 Å². The number of benzene rings is 2. The van der Waals surface area contributed by atoms with E-state index in [0.29, 0.717) is 5.69 Å². The van der Waals surface area contributed by atoms with E-state index in [2.05, 4.69) is 17.5 Å². The van der Waals surface area contributed by atoms with Crippen molar-refractivity contribution in [2.24, 2.45) is 5.10 Å². The number of hydrazone groups is 1. The predicted octanol–water partition coefficient (Wildman–Crippen LogP) is 6.22. The lowest BCUT2D eigenvalue weighted by atomic mass is 10.1. The number of hydrogen-bond acceptors (Lipinski definition) is 4. The van der Waals surface area contributed by atoms with Crippen molar-refractivity contribution in [2.75, 3.05) is 12.0 Å². The number of unbranched alkanes of at least 4 members (excludes halogenated alkanes) is 5. The van der Waals surface area contributed by atoms with Crippen LogP contribution in [-0.2, 0) is 0 Å². The number of rotatable bonds is 12. The Kier molecular flexibility index (Phi) is 9.35. The Balaban J connectivity index is 1.76. The first-order valence-corrected chi connectivity index (χ1v) is 10.0. The van der Waals surface area contributed by atoms with Gasteiger partial charge in [-0.25, -0.2) is 4.79 Å². The zero-order valence-corrected chi connectivity index (χ0v) is 16.9. The molecule has 6 heteroatoms. The van der Waals surface area contributed by atoms with Gasteiger partial charge in [-0.15, -0.1) is 0 Å². The fourth-order valence-corrected chi connectivity index (χ4v) is 2.86. The minimum Gasteiger partial charge on any atom is -0.494 e. The molecule has 0 aliphatic heterocycles. The predicted molar refractivity (Wildman–Crippen MR) is 115 cm³/mol. The van der Waals surface area contributed by atoms with Gasteiger partial charge in [0.2, 0.25) is 0 Å². The standard InChI is InChI=1S/C22H27ClN2O3/c1-2-3-4-5-6-7-14-28-19-11-8-17(9-12-19)16-24-25-18-10-13-21(23)20(15-18)22(26)27/h8-13,15-16,25H,2-7,14H2,1H3,(H,26,27). The normalized spacial score (nSPS) is 10.9. The third-order valence-corrected chi connectivity index (χ3v) is 4.58. The van der Waals surface area contributed by atoms with Crippen LogP contribution < -0.4 is 10.2 Å². The number of carboxylic acids is 1. The molecule has 0 fully saturated rings. The number of hydrogen-bond donors (Lipinski definition) is 2. The number of nitrogens with one attached hydrogen (secondary N) is 1. The molecule has 0 heterocycles. The van der Waals surface area contributed by atoms with Crippen LogP contribution in [-0.4, -0.2) is 23.9 Å². The summed E-state index contributed by atoms with van der Waals surface area (Å²) in [7, 11) is 0. The van der Waals surface area contributed by atoms with Crippen LogP contribution >= 0.6 is 11.6 Å². The molecule has 0 unspecified atom stereocenters. The third-order valence-electron chi connectivity index (χ3n) is 4.25. The van der Waals surface area contributed by atoms with Gasteiger partial charge in [0.25, 0.3) is 0 Å². The van der Waals surface area contributed by atoms with Crippen molar-refractivity contribution in [1.29, 1.82) is 0 Å². The Bertz CT molecular complexity index is 776. The van der Waals surface area contributed by atoms with E-state index in [1.165, 1.54) is 44.2 Å². The van der Waals surface area contributed by atoms with Gasteiger partial charge >= 0.3 is 5.97 Å². The topological polar surface area (TPSA) is 70.9 Å². The maximum Gasteiger partial charge on any atom is 0.337 e. The SMILES string of the molecule is CCCCCCCCOc1ccc(C=NNc2ccc(Cl)c(C(=O)O)c2)cc1. The van der Waals surface area contributed by atoms with Gasteiger partial charge in [-0.3, -0.25) is 5.43 Å². The van der Waals surface area contributed by atoms with Crippen molar-refractivity contribution < 1.29 is 14.6 Å². The molecule has 150 valence electrons. The molecule has 0 amide bonds. The van der Waals surface area contributed by atoms with E-state index in [9.17, 15) is 4.79 Å². The smallest absolute Gasteiger partial charge is 0.337 e. The average molecular weight is 403 g/mol. The van der Waals surface area contributed by atoms with Crippen molar-refractivity contribution in [1.82, 2.24) is 0 Å². The second-order valence-corrected chi connectivity index (χ2v) is 6.96. The second kappa shape index (κ2) is 12.0. The van der Waals surface area contributed by atoms with E-state index in [1.54, 1.807) is 12.3 Å². The Labute approximate surface area is 171 Å². The third kappa shape index (κ3) is 7.61. The number of carboxylic acid groups (broad SMARTS) is 1. The summed E-state index contributed by atoms with van der Waals surface area (Å²) >= 11 is 5.85. The summed E-state index contributed by atoms with van der Waals surface area (Å²) < 4.78 is 5.76. The average Bonchev–Trinajstić information content (AvgIpc) is 2.69. The molecule has 0 saturated carbocycles. The molecule has 28 heavy (non-hydrogen) atoms. The van der Waals surface area contributed by atoms with Crippen LogP contribution in [0, 0.1) is 0 Å². The van der Waals surface area contributed by atoms with E-state index < -0.39 is 5.97 Å². The highest BCUT2D eigenvalue weighted by Gasteiger charge is 2.08. The summed E-state index contributed by atoms with van der Waals surface area (Å²) in [6, 6.07) is 12.3. The molecule has 0 aliphatic carbocycles. The lowest BCUT2D eigenvalue weighted by Gasteiger charge is -2.06. The number of carbonyl (C=O) groups is 1. The highest BCUT2D eigenvalue weighted by Crippen LogP contribution is 2.20. The van der Waals surface area contributed by atoms with Crippen molar-refractivity contribution in [3.8, 4) is 5.75 Å². The molecule has 2 N–H and O–H groups in total. The zero-order chi connectivity index (χ0) is 20.2. The van der Waals surface area contributed by atoms with Crippen LogP contribution in [0.5, 0.6) is 5.75 Å². The van der Waals surface area contributed by atoms with E-state index in [-0.39, 0.29) is 10.6 Å². The maximum absolute atomic E-state index is 11.1. The summed E-state index contributed by atoms with van der Waals surface area (Å²) in [5, 5.41) is 13.4. The summed E-state index contributed by atoms with van der Waals surface area (Å²) in [5.41, 5.74) is 4.31. The van der Waals surface area contributed by atoms with Crippen molar-refractivity contribution in [2.45, 2.75) is 45.4 Å². The van der Waals surface area contributed by atoms with Crippen molar-refractivity contribution in [3.63, 3.8) is 0 Å². The fourth-order valence-electron chi connectivity index (χ4n) is 2.66. The molecule has 2 aromatic rings. The maximum atomic E-state index is 11.1. The number of aromatic carboxylic acids is 1. The summed E-state index contributed by atoms with van der Waals surface area (Å²) in [6.45, 7) is 2.96. The minimum absolute atomic E-state index is 0.0359. The highest BCUT2D eigenvalue weighted by atomic mass is 35.5. The number of nitrogens with zero attached hydrogens (tertiary/aromatic N) is 1.